The predicted molar refractivity (Wildman–Crippen MR) is 70.0 cm³/mol. The number of hydrogen-bond donors (Lipinski definition) is 3. The molecule has 0 spiro atoms. The van der Waals surface area contributed by atoms with E-state index in [9.17, 15) is 20.1 Å². The number of benzene rings is 2. The van der Waals surface area contributed by atoms with E-state index in [0.717, 1.165) is 6.07 Å². The number of carbonyl (C=O) groups excluding carboxylic acids is 1. The fourth-order valence-electron chi connectivity index (χ4n) is 1.89. The lowest BCUT2D eigenvalue weighted by Crippen LogP contribution is -2.13. The van der Waals surface area contributed by atoms with Crippen LogP contribution < -0.4 is 0 Å². The third kappa shape index (κ3) is 2.58. The lowest BCUT2D eigenvalue weighted by Gasteiger charge is -2.14. The van der Waals surface area contributed by atoms with Crippen LogP contribution in [0.25, 0.3) is 0 Å². The van der Waals surface area contributed by atoms with Crippen LogP contribution in [0.3, 0.4) is 0 Å². The van der Waals surface area contributed by atoms with Gasteiger partial charge in [-0.25, -0.2) is 0 Å². The van der Waals surface area contributed by atoms with Crippen molar-refractivity contribution in [3.63, 3.8) is 0 Å². The van der Waals surface area contributed by atoms with E-state index < -0.39 is 11.9 Å². The highest BCUT2D eigenvalue weighted by Gasteiger charge is 2.24. The maximum Gasteiger partial charge on any atom is 0.195 e. The number of phenolic OH excluding ortho intramolecular Hbond substituents is 2. The summed E-state index contributed by atoms with van der Waals surface area (Å²) in [5, 5.41) is 29.1. The van der Waals surface area contributed by atoms with Crippen LogP contribution >= 0.6 is 0 Å². The van der Waals surface area contributed by atoms with Gasteiger partial charge in [0.25, 0.3) is 0 Å². The SMILES string of the molecule is [CH2]c1cc(O)cc(O)c1C(O)C(=O)c1ccccc1. The monoisotopic (exact) mass is 257 g/mol. The summed E-state index contributed by atoms with van der Waals surface area (Å²) < 4.78 is 0. The third-order valence-corrected chi connectivity index (χ3v) is 2.81. The minimum absolute atomic E-state index is 0.00616. The highest BCUT2D eigenvalue weighted by Crippen LogP contribution is 2.33. The molecule has 97 valence electrons. The van der Waals surface area contributed by atoms with Crippen molar-refractivity contribution in [1.82, 2.24) is 0 Å². The lowest BCUT2D eigenvalue weighted by molar-refractivity contribution is 0.0741. The van der Waals surface area contributed by atoms with E-state index in [-0.39, 0.29) is 22.6 Å². The smallest absolute Gasteiger partial charge is 0.195 e. The number of carbonyl (C=O) groups is 1. The molecule has 2 aromatic carbocycles. The van der Waals surface area contributed by atoms with Crippen LogP contribution in [0.5, 0.6) is 11.5 Å². The first kappa shape index (κ1) is 13.1. The van der Waals surface area contributed by atoms with Crippen molar-refractivity contribution in [1.29, 1.82) is 0 Å². The molecule has 1 unspecified atom stereocenters. The lowest BCUT2D eigenvalue weighted by atomic mass is 9.95. The Bertz CT molecular complexity index is 582. The first-order valence-corrected chi connectivity index (χ1v) is 5.66. The second-order valence-electron chi connectivity index (χ2n) is 4.17. The van der Waals surface area contributed by atoms with Gasteiger partial charge in [0.2, 0.25) is 0 Å². The number of aliphatic hydroxyl groups is 1. The molecule has 2 rings (SSSR count). The normalized spacial score (nSPS) is 12.1. The Balaban J connectivity index is 2.40. The van der Waals surface area contributed by atoms with E-state index in [1.807, 2.05) is 0 Å². The van der Waals surface area contributed by atoms with Gasteiger partial charge in [-0.1, -0.05) is 30.3 Å². The highest BCUT2D eigenvalue weighted by molar-refractivity contribution is 6.00. The molecule has 0 heterocycles. The fourth-order valence-corrected chi connectivity index (χ4v) is 1.89. The zero-order valence-corrected chi connectivity index (χ0v) is 10.1. The van der Waals surface area contributed by atoms with E-state index >= 15 is 0 Å². The van der Waals surface area contributed by atoms with Gasteiger partial charge >= 0.3 is 0 Å². The van der Waals surface area contributed by atoms with Crippen molar-refractivity contribution in [2.45, 2.75) is 6.10 Å². The van der Waals surface area contributed by atoms with Crippen molar-refractivity contribution >= 4 is 5.78 Å². The molecule has 19 heavy (non-hydrogen) atoms. The van der Waals surface area contributed by atoms with Crippen molar-refractivity contribution < 1.29 is 20.1 Å². The van der Waals surface area contributed by atoms with Crippen LogP contribution in [-0.2, 0) is 0 Å². The number of Topliss-reactive ketones (excluding diaryl/α,β-unsaturated/α-hetero) is 1. The summed E-state index contributed by atoms with van der Waals surface area (Å²) in [6.45, 7) is 3.61. The third-order valence-electron chi connectivity index (χ3n) is 2.81. The van der Waals surface area contributed by atoms with Crippen LogP contribution in [0.15, 0.2) is 42.5 Å². The number of aromatic hydroxyl groups is 2. The van der Waals surface area contributed by atoms with Gasteiger partial charge in [0.15, 0.2) is 5.78 Å². The van der Waals surface area contributed by atoms with E-state index in [2.05, 4.69) is 6.92 Å². The summed E-state index contributed by atoms with van der Waals surface area (Å²) in [6, 6.07) is 10.6. The Morgan fingerprint density at radius 3 is 2.32 bits per heavy atom. The van der Waals surface area contributed by atoms with Crippen molar-refractivity contribution in [3.8, 4) is 11.5 Å². The Labute approximate surface area is 110 Å². The van der Waals surface area contributed by atoms with Gasteiger partial charge < -0.3 is 15.3 Å². The molecule has 0 aliphatic heterocycles. The molecule has 1 atom stereocenters. The number of rotatable bonds is 3. The Morgan fingerprint density at radius 1 is 1.11 bits per heavy atom. The van der Waals surface area contributed by atoms with Gasteiger partial charge in [-0.2, -0.15) is 0 Å². The molecule has 0 saturated carbocycles. The Morgan fingerprint density at radius 2 is 1.74 bits per heavy atom. The number of phenols is 2. The summed E-state index contributed by atoms with van der Waals surface area (Å²) in [4.78, 5) is 12.1. The van der Waals surface area contributed by atoms with Gasteiger partial charge in [-0.3, -0.25) is 4.79 Å². The van der Waals surface area contributed by atoms with Crippen LogP contribution in [0.1, 0.15) is 27.6 Å². The van der Waals surface area contributed by atoms with Crippen LogP contribution in [-0.4, -0.2) is 21.1 Å². The second kappa shape index (κ2) is 5.12. The molecule has 0 bridgehead atoms. The largest absolute Gasteiger partial charge is 0.508 e. The van der Waals surface area contributed by atoms with Gasteiger partial charge in [-0.05, 0) is 18.6 Å². The molecule has 2 aromatic rings. The minimum atomic E-state index is -1.52. The number of ketones is 1. The highest BCUT2D eigenvalue weighted by atomic mass is 16.3. The maximum atomic E-state index is 12.1. The van der Waals surface area contributed by atoms with Gasteiger partial charge in [0.05, 0.1) is 0 Å². The summed E-state index contributed by atoms with van der Waals surface area (Å²) in [6.07, 6.45) is -1.52. The Hall–Kier alpha value is -2.33. The topological polar surface area (TPSA) is 77.8 Å². The standard InChI is InChI=1S/C15H13O4/c1-9-7-11(16)8-12(17)13(9)15(19)14(18)10-5-3-2-4-6-10/h2-8,15-17,19H,1H2. The second-order valence-corrected chi connectivity index (χ2v) is 4.17. The van der Waals surface area contributed by atoms with E-state index in [0.29, 0.717) is 5.56 Å². The zero-order chi connectivity index (χ0) is 14.0. The van der Waals surface area contributed by atoms with Crippen LogP contribution in [0.2, 0.25) is 0 Å². The van der Waals surface area contributed by atoms with Crippen molar-refractivity contribution in [3.05, 3.63) is 66.1 Å². The Kier molecular flexibility index (Phi) is 3.53. The number of aliphatic hydroxyl groups excluding tert-OH is 1. The molecule has 4 heteroatoms. The maximum absolute atomic E-state index is 12.1. The summed E-state index contributed by atoms with van der Waals surface area (Å²) in [5.74, 6) is -1.07. The minimum Gasteiger partial charge on any atom is -0.508 e. The summed E-state index contributed by atoms with van der Waals surface area (Å²) in [7, 11) is 0. The van der Waals surface area contributed by atoms with E-state index in [4.69, 9.17) is 0 Å². The molecule has 0 aliphatic carbocycles. The quantitative estimate of drug-likeness (QED) is 0.736. The molecule has 0 amide bonds. The summed E-state index contributed by atoms with van der Waals surface area (Å²) in [5.41, 5.74) is 0.544. The van der Waals surface area contributed by atoms with Crippen molar-refractivity contribution in [2.75, 3.05) is 0 Å². The number of hydrogen-bond acceptors (Lipinski definition) is 4. The van der Waals surface area contributed by atoms with Crippen molar-refractivity contribution in [2.24, 2.45) is 0 Å². The molecule has 0 saturated heterocycles. The summed E-state index contributed by atoms with van der Waals surface area (Å²) >= 11 is 0. The van der Waals surface area contributed by atoms with E-state index in [1.165, 1.54) is 6.07 Å². The van der Waals surface area contributed by atoms with Gasteiger partial charge in [-0.15, -0.1) is 0 Å². The predicted octanol–water partition coefficient (Wildman–Crippen LogP) is 2.20. The van der Waals surface area contributed by atoms with E-state index in [1.54, 1.807) is 30.3 Å². The molecule has 0 aliphatic rings. The average Bonchev–Trinajstić information content (AvgIpc) is 2.37. The fraction of sp³-hybridized carbons (Fsp3) is 0.0667. The van der Waals surface area contributed by atoms with Crippen LogP contribution in [0, 0.1) is 6.92 Å². The molecule has 3 N–H and O–H groups in total. The zero-order valence-electron chi connectivity index (χ0n) is 10.1. The first-order chi connectivity index (χ1) is 9.00. The van der Waals surface area contributed by atoms with Gasteiger partial charge in [0, 0.05) is 17.2 Å². The molecular weight excluding hydrogens is 244 g/mol. The molecule has 0 aromatic heterocycles. The van der Waals surface area contributed by atoms with Crippen LogP contribution in [0.4, 0.5) is 0 Å². The molecular formula is C15H13O4. The first-order valence-electron chi connectivity index (χ1n) is 5.66. The van der Waals surface area contributed by atoms with Gasteiger partial charge in [0.1, 0.15) is 17.6 Å². The molecule has 4 nitrogen and oxygen atoms in total. The average molecular weight is 257 g/mol. The molecule has 1 radical (unpaired) electrons. The molecule has 0 fully saturated rings.